The van der Waals surface area contributed by atoms with E-state index in [1.54, 1.807) is 0 Å². The van der Waals surface area contributed by atoms with Crippen molar-refractivity contribution >= 4 is 22.6 Å². The lowest BCUT2D eigenvalue weighted by atomic mass is 10.3. The summed E-state index contributed by atoms with van der Waals surface area (Å²) in [5.41, 5.74) is 1.07. The van der Waals surface area contributed by atoms with Gasteiger partial charge >= 0.3 is 0 Å². The van der Waals surface area contributed by atoms with Gasteiger partial charge in [-0.05, 0) is 13.8 Å². The molecule has 0 aliphatic heterocycles. The van der Waals surface area contributed by atoms with Gasteiger partial charge in [0.15, 0.2) is 5.89 Å². The van der Waals surface area contributed by atoms with Crippen LogP contribution in [0.3, 0.4) is 0 Å². The van der Waals surface area contributed by atoms with Crippen molar-refractivity contribution in [2.45, 2.75) is 24.7 Å². The summed E-state index contributed by atoms with van der Waals surface area (Å²) in [5, 5.41) is 0. The molecule has 0 aliphatic rings. The smallest absolute Gasteiger partial charge is 0.191 e. The van der Waals surface area contributed by atoms with Crippen molar-refractivity contribution in [1.82, 2.24) is 4.98 Å². The first kappa shape index (κ1) is 8.04. The summed E-state index contributed by atoms with van der Waals surface area (Å²) in [4.78, 5) is 4.24. The SMILES string of the molecule is Cc1nc(C(C)I)c(C)o1. The molecule has 1 rings (SSSR count). The Hall–Kier alpha value is -0.0600. The molecule has 1 atom stereocenters. The van der Waals surface area contributed by atoms with Crippen molar-refractivity contribution in [1.29, 1.82) is 0 Å². The maximum Gasteiger partial charge on any atom is 0.191 e. The van der Waals surface area contributed by atoms with Crippen molar-refractivity contribution in [3.8, 4) is 0 Å². The molecule has 1 unspecified atom stereocenters. The summed E-state index contributed by atoms with van der Waals surface area (Å²) in [6, 6.07) is 0. The van der Waals surface area contributed by atoms with Crippen LogP contribution >= 0.6 is 22.6 Å². The number of halogens is 1. The number of hydrogen-bond acceptors (Lipinski definition) is 2. The molecule has 3 heteroatoms. The standard InChI is InChI=1S/C7H10INO/c1-4(8)7-5(2)10-6(3)9-7/h4H,1-3H3. The highest BCUT2D eigenvalue weighted by Crippen LogP contribution is 2.24. The fourth-order valence-corrected chi connectivity index (χ4v) is 1.49. The first-order valence-electron chi connectivity index (χ1n) is 3.19. The Morgan fingerprint density at radius 1 is 1.50 bits per heavy atom. The van der Waals surface area contributed by atoms with Gasteiger partial charge in [-0.25, -0.2) is 4.98 Å². The fourth-order valence-electron chi connectivity index (χ4n) is 0.914. The Morgan fingerprint density at radius 3 is 2.30 bits per heavy atom. The maximum atomic E-state index is 5.26. The van der Waals surface area contributed by atoms with Crippen molar-refractivity contribution in [3.05, 3.63) is 17.3 Å². The van der Waals surface area contributed by atoms with Gasteiger partial charge in [0.1, 0.15) is 5.76 Å². The molecule has 10 heavy (non-hydrogen) atoms. The third kappa shape index (κ3) is 1.51. The Bertz CT molecular complexity index is 230. The van der Waals surface area contributed by atoms with Crippen molar-refractivity contribution in [2.75, 3.05) is 0 Å². The van der Waals surface area contributed by atoms with E-state index in [2.05, 4.69) is 34.5 Å². The van der Waals surface area contributed by atoms with Gasteiger partial charge in [-0.1, -0.05) is 22.6 Å². The Morgan fingerprint density at radius 2 is 2.10 bits per heavy atom. The molecule has 0 radical (unpaired) electrons. The topological polar surface area (TPSA) is 26.0 Å². The predicted molar refractivity (Wildman–Crippen MR) is 48.4 cm³/mol. The molecule has 2 nitrogen and oxygen atoms in total. The summed E-state index contributed by atoms with van der Waals surface area (Å²) < 4.78 is 5.70. The van der Waals surface area contributed by atoms with Crippen LogP contribution in [-0.2, 0) is 0 Å². The van der Waals surface area contributed by atoms with E-state index >= 15 is 0 Å². The van der Waals surface area contributed by atoms with Crippen molar-refractivity contribution < 1.29 is 4.42 Å². The van der Waals surface area contributed by atoms with Crippen LogP contribution in [0.25, 0.3) is 0 Å². The average Bonchev–Trinajstić information content (AvgIpc) is 2.10. The molecule has 1 aromatic rings. The van der Waals surface area contributed by atoms with Crippen LogP contribution in [0.5, 0.6) is 0 Å². The second-order valence-electron chi connectivity index (χ2n) is 2.29. The maximum absolute atomic E-state index is 5.26. The van der Waals surface area contributed by atoms with E-state index in [4.69, 9.17) is 4.42 Å². The normalized spacial score (nSPS) is 13.6. The van der Waals surface area contributed by atoms with Gasteiger partial charge in [-0.3, -0.25) is 0 Å². The van der Waals surface area contributed by atoms with E-state index in [1.807, 2.05) is 13.8 Å². The molecule has 56 valence electrons. The van der Waals surface area contributed by atoms with Crippen LogP contribution in [0.2, 0.25) is 0 Å². The minimum Gasteiger partial charge on any atom is -0.446 e. The number of hydrogen-bond donors (Lipinski definition) is 0. The molecule has 1 heterocycles. The highest BCUT2D eigenvalue weighted by Gasteiger charge is 2.10. The molecule has 0 spiro atoms. The molecule has 0 fully saturated rings. The zero-order valence-corrected chi connectivity index (χ0v) is 8.47. The third-order valence-electron chi connectivity index (χ3n) is 1.32. The van der Waals surface area contributed by atoms with Gasteiger partial charge in [0.05, 0.1) is 9.62 Å². The van der Waals surface area contributed by atoms with E-state index < -0.39 is 0 Å². The van der Waals surface area contributed by atoms with Crippen molar-refractivity contribution in [2.24, 2.45) is 0 Å². The lowest BCUT2D eigenvalue weighted by molar-refractivity contribution is 0.493. The molecule has 1 aromatic heterocycles. The summed E-state index contributed by atoms with van der Waals surface area (Å²) >= 11 is 2.32. The van der Waals surface area contributed by atoms with E-state index in [9.17, 15) is 0 Å². The molecule has 0 amide bonds. The zero-order chi connectivity index (χ0) is 7.72. The molecule has 0 saturated heterocycles. The van der Waals surface area contributed by atoms with Gasteiger partial charge in [-0.2, -0.15) is 0 Å². The van der Waals surface area contributed by atoms with E-state index in [0.717, 1.165) is 17.3 Å². The number of nitrogens with zero attached hydrogens (tertiary/aromatic N) is 1. The first-order valence-corrected chi connectivity index (χ1v) is 4.44. The molecule has 0 aromatic carbocycles. The van der Waals surface area contributed by atoms with Gasteiger partial charge < -0.3 is 4.42 Å². The summed E-state index contributed by atoms with van der Waals surface area (Å²) in [7, 11) is 0. The minimum absolute atomic E-state index is 0.440. The number of aryl methyl sites for hydroxylation is 2. The first-order chi connectivity index (χ1) is 4.61. The molecule has 0 aliphatic carbocycles. The molecule has 0 saturated carbocycles. The van der Waals surface area contributed by atoms with Crippen LogP contribution < -0.4 is 0 Å². The Labute approximate surface area is 74.2 Å². The summed E-state index contributed by atoms with van der Waals surface area (Å²) in [6.45, 7) is 5.92. The van der Waals surface area contributed by atoms with Crippen LogP contribution in [0.4, 0.5) is 0 Å². The fraction of sp³-hybridized carbons (Fsp3) is 0.571. The van der Waals surface area contributed by atoms with Crippen LogP contribution in [-0.4, -0.2) is 4.98 Å². The number of rotatable bonds is 1. The van der Waals surface area contributed by atoms with E-state index in [1.165, 1.54) is 0 Å². The van der Waals surface area contributed by atoms with Gasteiger partial charge in [0.2, 0.25) is 0 Å². The predicted octanol–water partition coefficient (Wildman–Crippen LogP) is 2.79. The monoisotopic (exact) mass is 251 g/mol. The number of oxazole rings is 1. The molecular weight excluding hydrogens is 241 g/mol. The van der Waals surface area contributed by atoms with Gasteiger partial charge in [0, 0.05) is 6.92 Å². The minimum atomic E-state index is 0.440. The zero-order valence-electron chi connectivity index (χ0n) is 6.31. The second-order valence-corrected chi connectivity index (χ2v) is 4.16. The molecular formula is C7H10INO. The highest BCUT2D eigenvalue weighted by molar-refractivity contribution is 14.1. The van der Waals surface area contributed by atoms with Crippen molar-refractivity contribution in [3.63, 3.8) is 0 Å². The summed E-state index contributed by atoms with van der Waals surface area (Å²) in [5.74, 6) is 1.70. The van der Waals surface area contributed by atoms with E-state index in [0.29, 0.717) is 3.92 Å². The lowest BCUT2D eigenvalue weighted by Crippen LogP contribution is -1.85. The highest BCUT2D eigenvalue weighted by atomic mass is 127. The lowest BCUT2D eigenvalue weighted by Gasteiger charge is -1.95. The molecule has 0 N–H and O–H groups in total. The number of alkyl halides is 1. The third-order valence-corrected chi connectivity index (χ3v) is 1.91. The average molecular weight is 251 g/mol. The largest absolute Gasteiger partial charge is 0.446 e. The van der Waals surface area contributed by atoms with E-state index in [-0.39, 0.29) is 0 Å². The summed E-state index contributed by atoms with van der Waals surface area (Å²) in [6.07, 6.45) is 0. The van der Waals surface area contributed by atoms with Crippen LogP contribution in [0.1, 0.15) is 28.2 Å². The second kappa shape index (κ2) is 2.90. The van der Waals surface area contributed by atoms with Crippen LogP contribution in [0, 0.1) is 13.8 Å². The Balaban J connectivity index is 3.03. The molecule has 0 bridgehead atoms. The van der Waals surface area contributed by atoms with Gasteiger partial charge in [-0.15, -0.1) is 0 Å². The number of aromatic nitrogens is 1. The Kier molecular flexibility index (Phi) is 2.33. The van der Waals surface area contributed by atoms with Crippen LogP contribution in [0.15, 0.2) is 4.42 Å². The van der Waals surface area contributed by atoms with Gasteiger partial charge in [0.25, 0.3) is 0 Å². The quantitative estimate of drug-likeness (QED) is 0.566.